The average Bonchev–Trinajstić information content (AvgIpc) is 3.06. The fourth-order valence-corrected chi connectivity index (χ4v) is 3.74. The van der Waals surface area contributed by atoms with Gasteiger partial charge < -0.3 is 4.90 Å². The fraction of sp³-hybridized carbons (Fsp3) is 0.333. The van der Waals surface area contributed by atoms with E-state index in [0.717, 1.165) is 24.3 Å². The summed E-state index contributed by atoms with van der Waals surface area (Å²) in [5.41, 5.74) is 8.29. The average molecular weight is 318 g/mol. The van der Waals surface area contributed by atoms with Gasteiger partial charge in [-0.3, -0.25) is 9.79 Å². The molecule has 0 radical (unpaired) electrons. The molecular formula is C21H22N2O. The normalized spacial score (nSPS) is 17.5. The van der Waals surface area contributed by atoms with Gasteiger partial charge in [0.15, 0.2) is 0 Å². The number of rotatable bonds is 1. The Kier molecular flexibility index (Phi) is 3.17. The van der Waals surface area contributed by atoms with E-state index in [-0.39, 0.29) is 11.3 Å². The number of hydrogen-bond acceptors (Lipinski definition) is 2. The molecule has 0 unspecified atom stereocenters. The molecule has 122 valence electrons. The molecule has 0 saturated carbocycles. The van der Waals surface area contributed by atoms with Crippen molar-refractivity contribution in [2.75, 3.05) is 11.4 Å². The van der Waals surface area contributed by atoms with Crippen molar-refractivity contribution in [1.29, 1.82) is 0 Å². The van der Waals surface area contributed by atoms with Gasteiger partial charge in [-0.1, -0.05) is 26.0 Å². The third-order valence-electron chi connectivity index (χ3n) is 5.55. The second kappa shape index (κ2) is 5.04. The SMILES string of the molecule is CC(=O)N1CCc2cc(-c3ccc4c(c3)C(C)(C)C(C)=N4)ccc21. The molecule has 2 heterocycles. The Morgan fingerprint density at radius 2 is 1.83 bits per heavy atom. The zero-order valence-corrected chi connectivity index (χ0v) is 14.7. The third kappa shape index (κ3) is 2.11. The molecule has 0 aliphatic carbocycles. The van der Waals surface area contributed by atoms with E-state index in [0.29, 0.717) is 0 Å². The standard InChI is InChI=1S/C21H22N2O/c1-13-21(3,4)18-12-16(5-7-19(18)22-13)15-6-8-20-17(11-15)9-10-23(20)14(2)24/h5-8,11-12H,9-10H2,1-4H3. The highest BCUT2D eigenvalue weighted by Gasteiger charge is 2.32. The number of fused-ring (bicyclic) bond motifs is 2. The number of amides is 1. The number of nitrogens with zero attached hydrogens (tertiary/aromatic N) is 2. The van der Waals surface area contributed by atoms with Crippen LogP contribution in [0.15, 0.2) is 41.4 Å². The van der Waals surface area contributed by atoms with Crippen LogP contribution in [0.25, 0.3) is 11.1 Å². The van der Waals surface area contributed by atoms with Crippen LogP contribution < -0.4 is 4.90 Å². The van der Waals surface area contributed by atoms with Crippen molar-refractivity contribution in [2.24, 2.45) is 4.99 Å². The van der Waals surface area contributed by atoms with Crippen molar-refractivity contribution in [3.05, 3.63) is 47.5 Å². The van der Waals surface area contributed by atoms with Crippen LogP contribution in [0.4, 0.5) is 11.4 Å². The van der Waals surface area contributed by atoms with Crippen molar-refractivity contribution in [3.63, 3.8) is 0 Å². The maximum absolute atomic E-state index is 11.7. The highest BCUT2D eigenvalue weighted by molar-refractivity contribution is 6.00. The molecule has 24 heavy (non-hydrogen) atoms. The lowest BCUT2D eigenvalue weighted by Crippen LogP contribution is -2.25. The minimum absolute atomic E-state index is 0.00645. The minimum Gasteiger partial charge on any atom is -0.312 e. The molecule has 0 N–H and O–H groups in total. The highest BCUT2D eigenvalue weighted by atomic mass is 16.2. The molecule has 4 rings (SSSR count). The van der Waals surface area contributed by atoms with Gasteiger partial charge in [-0.15, -0.1) is 0 Å². The Hall–Kier alpha value is -2.42. The van der Waals surface area contributed by atoms with Crippen molar-refractivity contribution in [2.45, 2.75) is 39.5 Å². The van der Waals surface area contributed by atoms with Gasteiger partial charge in [0.05, 0.1) is 5.69 Å². The van der Waals surface area contributed by atoms with E-state index in [1.807, 2.05) is 4.90 Å². The predicted octanol–water partition coefficient (Wildman–Crippen LogP) is 4.65. The van der Waals surface area contributed by atoms with Gasteiger partial charge in [0.2, 0.25) is 5.91 Å². The van der Waals surface area contributed by atoms with Crippen LogP contribution in [0.2, 0.25) is 0 Å². The lowest BCUT2D eigenvalue weighted by molar-refractivity contribution is -0.116. The molecule has 0 bridgehead atoms. The molecule has 2 aromatic carbocycles. The largest absolute Gasteiger partial charge is 0.312 e. The predicted molar refractivity (Wildman–Crippen MR) is 99.4 cm³/mol. The molecule has 0 aromatic heterocycles. The molecule has 3 nitrogen and oxygen atoms in total. The highest BCUT2D eigenvalue weighted by Crippen LogP contribution is 2.42. The quantitative estimate of drug-likeness (QED) is 0.753. The van der Waals surface area contributed by atoms with Gasteiger partial charge in [-0.2, -0.15) is 0 Å². The maximum atomic E-state index is 11.7. The number of anilines is 1. The van der Waals surface area contributed by atoms with E-state index in [1.165, 1.54) is 28.0 Å². The summed E-state index contributed by atoms with van der Waals surface area (Å²) < 4.78 is 0. The van der Waals surface area contributed by atoms with Crippen molar-refractivity contribution >= 4 is 23.0 Å². The van der Waals surface area contributed by atoms with Crippen LogP contribution in [0, 0.1) is 0 Å². The minimum atomic E-state index is -0.00645. The summed E-state index contributed by atoms with van der Waals surface area (Å²) in [7, 11) is 0. The number of carbonyl (C=O) groups is 1. The van der Waals surface area contributed by atoms with Crippen LogP contribution in [0.1, 0.15) is 38.8 Å². The van der Waals surface area contributed by atoms with Gasteiger partial charge >= 0.3 is 0 Å². The van der Waals surface area contributed by atoms with E-state index in [9.17, 15) is 4.79 Å². The van der Waals surface area contributed by atoms with E-state index < -0.39 is 0 Å². The van der Waals surface area contributed by atoms with Crippen molar-refractivity contribution in [1.82, 2.24) is 0 Å². The van der Waals surface area contributed by atoms with Gasteiger partial charge in [0.25, 0.3) is 0 Å². The van der Waals surface area contributed by atoms with Gasteiger partial charge in [-0.25, -0.2) is 0 Å². The zero-order valence-electron chi connectivity index (χ0n) is 14.7. The van der Waals surface area contributed by atoms with Crippen LogP contribution in [0.3, 0.4) is 0 Å². The van der Waals surface area contributed by atoms with Crippen molar-refractivity contribution < 1.29 is 4.79 Å². The number of benzene rings is 2. The number of carbonyl (C=O) groups excluding carboxylic acids is 1. The Morgan fingerprint density at radius 1 is 1.12 bits per heavy atom. The molecular weight excluding hydrogens is 296 g/mol. The molecule has 3 heteroatoms. The molecule has 0 atom stereocenters. The van der Waals surface area contributed by atoms with Crippen molar-refractivity contribution in [3.8, 4) is 11.1 Å². The summed E-state index contributed by atoms with van der Waals surface area (Å²) in [6, 6.07) is 13.0. The van der Waals surface area contributed by atoms with E-state index in [4.69, 9.17) is 4.99 Å². The Balaban J connectivity index is 1.75. The first kappa shape index (κ1) is 15.1. The number of hydrogen-bond donors (Lipinski definition) is 0. The van der Waals surface area contributed by atoms with Crippen LogP contribution >= 0.6 is 0 Å². The van der Waals surface area contributed by atoms with Crippen LogP contribution in [-0.2, 0) is 16.6 Å². The first-order chi connectivity index (χ1) is 11.4. The molecule has 2 aliphatic rings. The summed E-state index contributed by atoms with van der Waals surface area (Å²) in [6.07, 6.45) is 0.932. The Bertz CT molecular complexity index is 893. The molecule has 0 saturated heterocycles. The second-order valence-corrected chi connectivity index (χ2v) is 7.32. The first-order valence-corrected chi connectivity index (χ1v) is 8.49. The lowest BCUT2D eigenvalue weighted by Gasteiger charge is -2.20. The van der Waals surface area contributed by atoms with E-state index >= 15 is 0 Å². The Morgan fingerprint density at radius 3 is 2.58 bits per heavy atom. The number of aliphatic imine (C=N–C) groups is 1. The van der Waals surface area contributed by atoms with Gasteiger partial charge in [0, 0.05) is 30.3 Å². The third-order valence-corrected chi connectivity index (χ3v) is 5.55. The molecule has 2 aromatic rings. The summed E-state index contributed by atoms with van der Waals surface area (Å²) >= 11 is 0. The maximum Gasteiger partial charge on any atom is 0.223 e. The van der Waals surface area contributed by atoms with E-state index in [2.05, 4.69) is 57.2 Å². The second-order valence-electron chi connectivity index (χ2n) is 7.32. The summed E-state index contributed by atoms with van der Waals surface area (Å²) in [6.45, 7) is 8.99. The Labute approximate surface area is 143 Å². The molecule has 0 fully saturated rings. The van der Waals surface area contributed by atoms with Crippen LogP contribution in [-0.4, -0.2) is 18.2 Å². The fourth-order valence-electron chi connectivity index (χ4n) is 3.74. The van der Waals surface area contributed by atoms with Crippen LogP contribution in [0.5, 0.6) is 0 Å². The van der Waals surface area contributed by atoms with Gasteiger partial charge in [-0.05, 0) is 59.9 Å². The van der Waals surface area contributed by atoms with Gasteiger partial charge in [0.1, 0.15) is 0 Å². The van der Waals surface area contributed by atoms with E-state index in [1.54, 1.807) is 6.92 Å². The summed E-state index contributed by atoms with van der Waals surface area (Å²) in [4.78, 5) is 18.3. The zero-order chi connectivity index (χ0) is 17.1. The summed E-state index contributed by atoms with van der Waals surface area (Å²) in [5.74, 6) is 0.119. The molecule has 2 aliphatic heterocycles. The topological polar surface area (TPSA) is 32.7 Å². The smallest absolute Gasteiger partial charge is 0.223 e. The lowest BCUT2D eigenvalue weighted by atomic mass is 9.81. The molecule has 0 spiro atoms. The summed E-state index contributed by atoms with van der Waals surface area (Å²) in [5, 5.41) is 0. The first-order valence-electron chi connectivity index (χ1n) is 8.49. The molecule has 1 amide bonds. The monoisotopic (exact) mass is 318 g/mol.